The maximum absolute atomic E-state index is 12.4. The first-order valence-electron chi connectivity index (χ1n) is 8.37. The highest BCUT2D eigenvalue weighted by Gasteiger charge is 2.25. The molecule has 2 amide bonds. The van der Waals surface area contributed by atoms with Gasteiger partial charge in [0.1, 0.15) is 11.5 Å². The summed E-state index contributed by atoms with van der Waals surface area (Å²) in [6.45, 7) is 2.29. The van der Waals surface area contributed by atoms with E-state index in [1.165, 1.54) is 5.01 Å². The minimum atomic E-state index is -0.232. The van der Waals surface area contributed by atoms with Gasteiger partial charge >= 0.3 is 0 Å². The number of nitrogens with zero attached hydrogens (tertiary/aromatic N) is 2. The number of hydrazone groups is 1. The van der Waals surface area contributed by atoms with Gasteiger partial charge in [-0.1, -0.05) is 30.3 Å². The van der Waals surface area contributed by atoms with Crippen molar-refractivity contribution in [1.29, 1.82) is 0 Å². The molecule has 25 heavy (non-hydrogen) atoms. The number of rotatable bonds is 6. The quantitative estimate of drug-likeness (QED) is 0.879. The van der Waals surface area contributed by atoms with E-state index in [9.17, 15) is 9.59 Å². The summed E-state index contributed by atoms with van der Waals surface area (Å²) in [5.41, 5.74) is 1.37. The zero-order chi connectivity index (χ0) is 17.6. The molecule has 6 heteroatoms. The summed E-state index contributed by atoms with van der Waals surface area (Å²) in [5, 5.41) is 8.57. The lowest BCUT2D eigenvalue weighted by Gasteiger charge is -2.24. The number of nitrogens with one attached hydrogen (secondary N) is 1. The second-order valence-corrected chi connectivity index (χ2v) is 6.14. The van der Waals surface area contributed by atoms with Crippen LogP contribution in [0.3, 0.4) is 0 Å². The average Bonchev–Trinajstić information content (AvgIpc) is 3.10. The summed E-state index contributed by atoms with van der Waals surface area (Å²) in [7, 11) is 0. The standard InChI is InChI=1S/C19H21N3O3/c1-14(12-16-8-5-11-25-16)20-19(24)17-9-10-18(23)22(21-17)13-15-6-3-2-4-7-15/h2-8,11,14H,9-10,12-13H2,1H3,(H,20,24)/t14-/m1/s1. The van der Waals surface area contributed by atoms with Crippen molar-refractivity contribution in [3.8, 4) is 0 Å². The van der Waals surface area contributed by atoms with Gasteiger partial charge in [-0.3, -0.25) is 9.59 Å². The van der Waals surface area contributed by atoms with Crippen LogP contribution in [0.25, 0.3) is 0 Å². The van der Waals surface area contributed by atoms with Crippen LogP contribution >= 0.6 is 0 Å². The average molecular weight is 339 g/mol. The second kappa shape index (κ2) is 7.79. The zero-order valence-corrected chi connectivity index (χ0v) is 14.1. The fourth-order valence-electron chi connectivity index (χ4n) is 2.73. The Balaban J connectivity index is 1.62. The molecule has 1 aliphatic heterocycles. The normalized spacial score (nSPS) is 15.6. The molecule has 1 aromatic carbocycles. The lowest BCUT2D eigenvalue weighted by atomic mass is 10.1. The predicted octanol–water partition coefficient (Wildman–Crippen LogP) is 2.51. The van der Waals surface area contributed by atoms with E-state index >= 15 is 0 Å². The van der Waals surface area contributed by atoms with Gasteiger partial charge in [-0.05, 0) is 24.6 Å². The van der Waals surface area contributed by atoms with E-state index in [1.54, 1.807) is 6.26 Å². The van der Waals surface area contributed by atoms with Crippen LogP contribution in [-0.4, -0.2) is 28.6 Å². The number of furan rings is 1. The van der Waals surface area contributed by atoms with Crippen LogP contribution in [0.2, 0.25) is 0 Å². The van der Waals surface area contributed by atoms with Gasteiger partial charge in [-0.15, -0.1) is 0 Å². The first-order chi connectivity index (χ1) is 12.1. The number of benzene rings is 1. The lowest BCUT2D eigenvalue weighted by molar-refractivity contribution is -0.132. The number of carbonyl (C=O) groups excluding carboxylic acids is 2. The molecule has 130 valence electrons. The van der Waals surface area contributed by atoms with Crippen LogP contribution in [0.15, 0.2) is 58.2 Å². The number of amides is 2. The van der Waals surface area contributed by atoms with Crippen LogP contribution < -0.4 is 5.32 Å². The molecule has 1 N–H and O–H groups in total. The van der Waals surface area contributed by atoms with E-state index in [0.717, 1.165) is 11.3 Å². The number of carbonyl (C=O) groups is 2. The second-order valence-electron chi connectivity index (χ2n) is 6.14. The zero-order valence-electron chi connectivity index (χ0n) is 14.1. The molecular weight excluding hydrogens is 318 g/mol. The molecule has 1 aromatic heterocycles. The molecule has 2 aromatic rings. The third kappa shape index (κ3) is 4.56. The van der Waals surface area contributed by atoms with E-state index in [4.69, 9.17) is 4.42 Å². The van der Waals surface area contributed by atoms with Gasteiger partial charge in [0.15, 0.2) is 0 Å². The summed E-state index contributed by atoms with van der Waals surface area (Å²) in [4.78, 5) is 24.5. The van der Waals surface area contributed by atoms with Gasteiger partial charge in [0, 0.05) is 25.3 Å². The van der Waals surface area contributed by atoms with Crippen LogP contribution in [0.5, 0.6) is 0 Å². The van der Waals surface area contributed by atoms with Crippen molar-refractivity contribution < 1.29 is 14.0 Å². The van der Waals surface area contributed by atoms with E-state index in [0.29, 0.717) is 31.5 Å². The molecule has 1 aliphatic rings. The molecule has 6 nitrogen and oxygen atoms in total. The molecule has 0 bridgehead atoms. The summed E-state index contributed by atoms with van der Waals surface area (Å²) >= 11 is 0. The molecule has 0 saturated carbocycles. The fourth-order valence-corrected chi connectivity index (χ4v) is 2.73. The minimum Gasteiger partial charge on any atom is -0.469 e. The summed E-state index contributed by atoms with van der Waals surface area (Å²) < 4.78 is 5.29. The van der Waals surface area contributed by atoms with Gasteiger partial charge in [-0.2, -0.15) is 5.10 Å². The first kappa shape index (κ1) is 17.0. The van der Waals surface area contributed by atoms with Crippen molar-refractivity contribution in [3.63, 3.8) is 0 Å². The molecular formula is C19H21N3O3. The molecule has 0 fully saturated rings. The van der Waals surface area contributed by atoms with Crippen molar-refractivity contribution in [2.75, 3.05) is 0 Å². The highest BCUT2D eigenvalue weighted by molar-refractivity contribution is 6.39. The van der Waals surface area contributed by atoms with E-state index in [1.807, 2.05) is 49.4 Å². The van der Waals surface area contributed by atoms with Crippen LogP contribution in [0.4, 0.5) is 0 Å². The minimum absolute atomic E-state index is 0.0657. The molecule has 1 atom stereocenters. The predicted molar refractivity (Wildman–Crippen MR) is 93.7 cm³/mol. The van der Waals surface area contributed by atoms with E-state index < -0.39 is 0 Å². The molecule has 0 radical (unpaired) electrons. The lowest BCUT2D eigenvalue weighted by Crippen LogP contribution is -2.42. The monoisotopic (exact) mass is 339 g/mol. The van der Waals surface area contributed by atoms with Gasteiger partial charge in [0.25, 0.3) is 5.91 Å². The molecule has 0 spiro atoms. The summed E-state index contributed by atoms with van der Waals surface area (Å²) in [5.74, 6) is 0.521. The molecule has 0 saturated heterocycles. The van der Waals surface area contributed by atoms with Crippen molar-refractivity contribution in [3.05, 3.63) is 60.1 Å². The van der Waals surface area contributed by atoms with Gasteiger partial charge in [0.05, 0.1) is 12.8 Å². The van der Waals surface area contributed by atoms with Crippen LogP contribution in [0, 0.1) is 0 Å². The fraction of sp³-hybridized carbons (Fsp3) is 0.316. The smallest absolute Gasteiger partial charge is 0.267 e. The Kier molecular flexibility index (Phi) is 5.28. The Hall–Kier alpha value is -2.89. The highest BCUT2D eigenvalue weighted by Crippen LogP contribution is 2.14. The van der Waals surface area contributed by atoms with Crippen LogP contribution in [0.1, 0.15) is 31.1 Å². The number of hydrogen-bond donors (Lipinski definition) is 1. The third-order valence-electron chi connectivity index (χ3n) is 4.01. The molecule has 2 heterocycles. The molecule has 0 unspecified atom stereocenters. The summed E-state index contributed by atoms with van der Waals surface area (Å²) in [6, 6.07) is 13.2. The van der Waals surface area contributed by atoms with Crippen molar-refractivity contribution in [2.24, 2.45) is 5.10 Å². The first-order valence-corrected chi connectivity index (χ1v) is 8.37. The maximum Gasteiger partial charge on any atom is 0.267 e. The van der Waals surface area contributed by atoms with Crippen LogP contribution in [-0.2, 0) is 22.6 Å². The van der Waals surface area contributed by atoms with Crippen molar-refractivity contribution in [1.82, 2.24) is 10.3 Å². The van der Waals surface area contributed by atoms with E-state index in [-0.39, 0.29) is 17.9 Å². The maximum atomic E-state index is 12.4. The molecule has 0 aliphatic carbocycles. The SMILES string of the molecule is C[C@H](Cc1ccco1)NC(=O)C1=NN(Cc2ccccc2)C(=O)CC1. The molecule has 3 rings (SSSR count). The Morgan fingerprint density at radius 1 is 1.24 bits per heavy atom. The third-order valence-corrected chi connectivity index (χ3v) is 4.01. The Labute approximate surface area is 146 Å². The Morgan fingerprint density at radius 2 is 2.04 bits per heavy atom. The highest BCUT2D eigenvalue weighted by atomic mass is 16.3. The topological polar surface area (TPSA) is 74.9 Å². The van der Waals surface area contributed by atoms with Gasteiger partial charge < -0.3 is 9.73 Å². The Bertz CT molecular complexity index is 753. The van der Waals surface area contributed by atoms with Gasteiger partial charge in [-0.25, -0.2) is 5.01 Å². The van der Waals surface area contributed by atoms with Gasteiger partial charge in [0.2, 0.25) is 5.91 Å². The van der Waals surface area contributed by atoms with Crippen molar-refractivity contribution in [2.45, 2.75) is 38.8 Å². The number of hydrogen-bond acceptors (Lipinski definition) is 4. The largest absolute Gasteiger partial charge is 0.469 e. The van der Waals surface area contributed by atoms with Crippen molar-refractivity contribution >= 4 is 17.5 Å². The van der Waals surface area contributed by atoms with E-state index in [2.05, 4.69) is 10.4 Å². The Morgan fingerprint density at radius 3 is 2.76 bits per heavy atom. The summed E-state index contributed by atoms with van der Waals surface area (Å²) in [6.07, 6.45) is 2.88.